The molecule has 1 aliphatic rings. The summed E-state index contributed by atoms with van der Waals surface area (Å²) in [5.74, 6) is 1.46. The zero-order chi connectivity index (χ0) is 14.8. The minimum Gasteiger partial charge on any atom is -0.466 e. The van der Waals surface area contributed by atoms with E-state index < -0.39 is 0 Å². The van der Waals surface area contributed by atoms with Gasteiger partial charge in [-0.1, -0.05) is 11.6 Å². The smallest absolute Gasteiger partial charge is 0.305 e. The first-order valence-corrected chi connectivity index (χ1v) is 7.90. The SMILES string of the molecule is CCOC(=O)CCC1CCc2c(oc3ccc(Cl)cc23)C1. The highest BCUT2D eigenvalue weighted by atomic mass is 35.5. The second kappa shape index (κ2) is 6.10. The summed E-state index contributed by atoms with van der Waals surface area (Å²) in [5.41, 5.74) is 2.20. The number of aryl methyl sites for hydroxylation is 1. The zero-order valence-electron chi connectivity index (χ0n) is 12.2. The molecule has 0 N–H and O–H groups in total. The number of esters is 1. The number of carbonyl (C=O) groups is 1. The van der Waals surface area contributed by atoms with E-state index in [1.165, 1.54) is 5.56 Å². The van der Waals surface area contributed by atoms with Crippen LogP contribution in [0.2, 0.25) is 5.02 Å². The Kier molecular flexibility index (Phi) is 4.20. The third-order valence-electron chi connectivity index (χ3n) is 4.18. The lowest BCUT2D eigenvalue weighted by Crippen LogP contribution is -2.15. The summed E-state index contributed by atoms with van der Waals surface area (Å²) in [6, 6.07) is 5.78. The Bertz CT molecular complexity index is 659. The van der Waals surface area contributed by atoms with Gasteiger partial charge in [0, 0.05) is 28.8 Å². The van der Waals surface area contributed by atoms with E-state index in [0.29, 0.717) is 18.9 Å². The number of benzene rings is 1. The molecular formula is C17H19ClO3. The molecule has 0 spiro atoms. The second-order valence-corrected chi connectivity index (χ2v) is 6.03. The summed E-state index contributed by atoms with van der Waals surface area (Å²) in [5, 5.41) is 1.89. The Morgan fingerprint density at radius 2 is 2.33 bits per heavy atom. The summed E-state index contributed by atoms with van der Waals surface area (Å²) < 4.78 is 10.9. The van der Waals surface area contributed by atoms with Gasteiger partial charge in [-0.25, -0.2) is 0 Å². The van der Waals surface area contributed by atoms with Gasteiger partial charge in [0.25, 0.3) is 0 Å². The van der Waals surface area contributed by atoms with E-state index in [2.05, 4.69) is 0 Å². The lowest BCUT2D eigenvalue weighted by Gasteiger charge is -2.20. The van der Waals surface area contributed by atoms with Gasteiger partial charge >= 0.3 is 5.97 Å². The van der Waals surface area contributed by atoms with Crippen molar-refractivity contribution >= 4 is 28.5 Å². The molecule has 0 saturated heterocycles. The molecule has 1 heterocycles. The lowest BCUT2D eigenvalue weighted by molar-refractivity contribution is -0.143. The van der Waals surface area contributed by atoms with Crippen molar-refractivity contribution in [3.05, 3.63) is 34.5 Å². The highest BCUT2D eigenvalue weighted by molar-refractivity contribution is 6.31. The van der Waals surface area contributed by atoms with Gasteiger partial charge in [0.2, 0.25) is 0 Å². The molecule has 3 rings (SSSR count). The van der Waals surface area contributed by atoms with Gasteiger partial charge in [-0.05, 0) is 50.3 Å². The van der Waals surface area contributed by atoms with Crippen LogP contribution in [-0.4, -0.2) is 12.6 Å². The van der Waals surface area contributed by atoms with Crippen LogP contribution < -0.4 is 0 Å². The van der Waals surface area contributed by atoms with Crippen molar-refractivity contribution < 1.29 is 13.9 Å². The minimum atomic E-state index is -0.0975. The van der Waals surface area contributed by atoms with Crippen LogP contribution in [0.4, 0.5) is 0 Å². The molecule has 0 fully saturated rings. The molecule has 1 aromatic heterocycles. The Hall–Kier alpha value is -1.48. The minimum absolute atomic E-state index is 0.0975. The van der Waals surface area contributed by atoms with Crippen LogP contribution in [0.3, 0.4) is 0 Å². The van der Waals surface area contributed by atoms with Gasteiger partial charge in [0.1, 0.15) is 11.3 Å². The highest BCUT2D eigenvalue weighted by Crippen LogP contribution is 2.36. The fourth-order valence-electron chi connectivity index (χ4n) is 3.12. The van der Waals surface area contributed by atoms with Crippen molar-refractivity contribution in [2.24, 2.45) is 5.92 Å². The van der Waals surface area contributed by atoms with E-state index in [1.807, 2.05) is 25.1 Å². The van der Waals surface area contributed by atoms with E-state index in [1.54, 1.807) is 0 Å². The predicted octanol–water partition coefficient (Wildman–Crippen LogP) is 4.53. The number of halogens is 1. The second-order valence-electron chi connectivity index (χ2n) is 5.60. The molecule has 0 saturated carbocycles. The van der Waals surface area contributed by atoms with Gasteiger partial charge in [0.05, 0.1) is 6.61 Å². The van der Waals surface area contributed by atoms with Crippen molar-refractivity contribution in [3.63, 3.8) is 0 Å². The molecule has 0 amide bonds. The van der Waals surface area contributed by atoms with Crippen molar-refractivity contribution in [1.82, 2.24) is 0 Å². The average Bonchev–Trinajstić information content (AvgIpc) is 2.82. The first-order chi connectivity index (χ1) is 10.2. The molecule has 0 aliphatic heterocycles. The first kappa shape index (κ1) is 14.5. The van der Waals surface area contributed by atoms with Gasteiger partial charge in [0.15, 0.2) is 0 Å². The van der Waals surface area contributed by atoms with Crippen LogP contribution >= 0.6 is 11.6 Å². The number of ether oxygens (including phenoxy) is 1. The average molecular weight is 307 g/mol. The Labute approximate surface area is 129 Å². The van der Waals surface area contributed by atoms with Crippen molar-refractivity contribution in [1.29, 1.82) is 0 Å². The molecule has 0 radical (unpaired) electrons. The topological polar surface area (TPSA) is 39.4 Å². The van der Waals surface area contributed by atoms with Crippen molar-refractivity contribution in [2.75, 3.05) is 6.61 Å². The molecular weight excluding hydrogens is 288 g/mol. The van der Waals surface area contributed by atoms with Gasteiger partial charge in [-0.3, -0.25) is 4.79 Å². The molecule has 2 aromatic rings. The molecule has 1 aromatic carbocycles. The molecule has 0 bridgehead atoms. The highest BCUT2D eigenvalue weighted by Gasteiger charge is 2.24. The van der Waals surface area contributed by atoms with E-state index in [4.69, 9.17) is 20.8 Å². The molecule has 4 heteroatoms. The number of furan rings is 1. The van der Waals surface area contributed by atoms with E-state index in [9.17, 15) is 4.79 Å². The quantitative estimate of drug-likeness (QED) is 0.779. The standard InChI is InChI=1S/C17H19ClO3/c1-2-20-17(19)8-4-11-3-6-13-14-10-12(18)5-7-15(14)21-16(13)9-11/h5,7,10-11H,2-4,6,8-9H2,1H3. The monoisotopic (exact) mass is 306 g/mol. The normalized spacial score (nSPS) is 17.7. The summed E-state index contributed by atoms with van der Waals surface area (Å²) in [7, 11) is 0. The maximum absolute atomic E-state index is 11.4. The molecule has 112 valence electrons. The van der Waals surface area contributed by atoms with Crippen molar-refractivity contribution in [3.8, 4) is 0 Å². The number of rotatable bonds is 4. The maximum Gasteiger partial charge on any atom is 0.305 e. The molecule has 1 atom stereocenters. The third-order valence-corrected chi connectivity index (χ3v) is 4.41. The number of carbonyl (C=O) groups excluding carboxylic acids is 1. The lowest BCUT2D eigenvalue weighted by atomic mass is 9.84. The molecule has 1 aliphatic carbocycles. The van der Waals surface area contributed by atoms with Crippen LogP contribution in [0.25, 0.3) is 11.0 Å². The summed E-state index contributed by atoms with van der Waals surface area (Å²) in [6.07, 6.45) is 4.36. The van der Waals surface area contributed by atoms with Gasteiger partial charge < -0.3 is 9.15 Å². The predicted molar refractivity (Wildman–Crippen MR) is 82.6 cm³/mol. The maximum atomic E-state index is 11.4. The fourth-order valence-corrected chi connectivity index (χ4v) is 3.30. The summed E-state index contributed by atoms with van der Waals surface area (Å²) >= 11 is 6.07. The zero-order valence-corrected chi connectivity index (χ0v) is 12.9. The summed E-state index contributed by atoms with van der Waals surface area (Å²) in [4.78, 5) is 11.4. The summed E-state index contributed by atoms with van der Waals surface area (Å²) in [6.45, 7) is 2.29. The third kappa shape index (κ3) is 3.08. The Morgan fingerprint density at radius 1 is 1.48 bits per heavy atom. The molecule has 21 heavy (non-hydrogen) atoms. The Morgan fingerprint density at radius 3 is 3.14 bits per heavy atom. The first-order valence-electron chi connectivity index (χ1n) is 7.52. The van der Waals surface area contributed by atoms with E-state index >= 15 is 0 Å². The van der Waals surface area contributed by atoms with Crippen molar-refractivity contribution in [2.45, 2.75) is 39.0 Å². The van der Waals surface area contributed by atoms with Crippen LogP contribution in [0.1, 0.15) is 37.5 Å². The molecule has 3 nitrogen and oxygen atoms in total. The van der Waals surface area contributed by atoms with Crippen LogP contribution in [-0.2, 0) is 22.4 Å². The number of hydrogen-bond donors (Lipinski definition) is 0. The number of hydrogen-bond acceptors (Lipinski definition) is 3. The van der Waals surface area contributed by atoms with Gasteiger partial charge in [-0.15, -0.1) is 0 Å². The van der Waals surface area contributed by atoms with Crippen LogP contribution in [0, 0.1) is 5.92 Å². The fraction of sp³-hybridized carbons (Fsp3) is 0.471. The molecule has 1 unspecified atom stereocenters. The van der Waals surface area contributed by atoms with E-state index in [-0.39, 0.29) is 5.97 Å². The van der Waals surface area contributed by atoms with Crippen LogP contribution in [0.15, 0.2) is 22.6 Å². The van der Waals surface area contributed by atoms with Gasteiger partial charge in [-0.2, -0.15) is 0 Å². The largest absolute Gasteiger partial charge is 0.466 e. The van der Waals surface area contributed by atoms with E-state index in [0.717, 1.165) is 47.4 Å². The Balaban J connectivity index is 1.71. The number of fused-ring (bicyclic) bond motifs is 3. The van der Waals surface area contributed by atoms with Crippen LogP contribution in [0.5, 0.6) is 0 Å².